The van der Waals surface area contributed by atoms with Gasteiger partial charge in [-0.25, -0.2) is 9.59 Å². The number of phenolic OH excluding ortho intramolecular Hbond substituents is 1. The van der Waals surface area contributed by atoms with E-state index in [1.165, 1.54) is 0 Å². The lowest BCUT2D eigenvalue weighted by atomic mass is 9.94. The van der Waals surface area contributed by atoms with Gasteiger partial charge in [0.05, 0.1) is 0 Å². The lowest BCUT2D eigenvalue weighted by Crippen LogP contribution is -2.24. The number of hydrogen-bond donors (Lipinski definition) is 5. The summed E-state index contributed by atoms with van der Waals surface area (Å²) in [6.45, 7) is 0. The monoisotopic (exact) mass is 374 g/mol. The van der Waals surface area contributed by atoms with Crippen LogP contribution in [-0.4, -0.2) is 38.6 Å². The summed E-state index contributed by atoms with van der Waals surface area (Å²) in [6.07, 6.45) is -5.05. The van der Waals surface area contributed by atoms with Crippen molar-refractivity contribution in [3.05, 3.63) is 39.7 Å². The lowest BCUT2D eigenvalue weighted by Gasteiger charge is -2.14. The summed E-state index contributed by atoms with van der Waals surface area (Å²) >= 11 is 0. The Kier molecular flexibility index (Phi) is 4.52. The number of aromatic amines is 1. The number of H-pyrrole nitrogens is 1. The highest BCUT2D eigenvalue weighted by atomic mass is 19.4. The Bertz CT molecular complexity index is 966. The number of nitrogens with one attached hydrogen (secondary N) is 1. The second-order valence-corrected chi connectivity index (χ2v) is 4.83. The molecule has 0 spiro atoms. The Morgan fingerprint density at radius 2 is 1.69 bits per heavy atom. The van der Waals surface area contributed by atoms with Gasteiger partial charge in [-0.05, 0) is 12.1 Å². The van der Waals surface area contributed by atoms with E-state index in [2.05, 4.69) is 4.74 Å². The van der Waals surface area contributed by atoms with Crippen molar-refractivity contribution < 1.29 is 42.8 Å². The van der Waals surface area contributed by atoms with Gasteiger partial charge < -0.3 is 30.8 Å². The van der Waals surface area contributed by atoms with Crippen LogP contribution in [0.15, 0.2) is 23.0 Å². The fourth-order valence-electron chi connectivity index (χ4n) is 2.24. The molecule has 0 radical (unpaired) electrons. The molecule has 1 aromatic carbocycles. The van der Waals surface area contributed by atoms with Gasteiger partial charge in [0.1, 0.15) is 28.4 Å². The highest BCUT2D eigenvalue weighted by Gasteiger charge is 2.32. The van der Waals surface area contributed by atoms with E-state index in [1.54, 1.807) is 0 Å². The minimum Gasteiger partial charge on any atom is -0.507 e. The van der Waals surface area contributed by atoms with E-state index in [4.69, 9.17) is 5.73 Å². The number of halogens is 3. The molecule has 1 heterocycles. The largest absolute Gasteiger partial charge is 0.573 e. The van der Waals surface area contributed by atoms with Crippen LogP contribution in [0, 0.1) is 0 Å². The number of carbonyl (C=O) groups is 2. The van der Waals surface area contributed by atoms with Crippen molar-refractivity contribution in [3.8, 4) is 22.6 Å². The van der Waals surface area contributed by atoms with Crippen molar-refractivity contribution in [1.29, 1.82) is 0 Å². The van der Waals surface area contributed by atoms with Gasteiger partial charge in [0.25, 0.3) is 5.56 Å². The zero-order valence-corrected chi connectivity index (χ0v) is 12.4. The predicted octanol–water partition coefficient (Wildman–Crippen LogP) is 1.62. The summed E-state index contributed by atoms with van der Waals surface area (Å²) in [6, 6.07) is 1.96. The Morgan fingerprint density at radius 3 is 2.15 bits per heavy atom. The molecule has 0 amide bonds. The number of hydrogen-bond acceptors (Lipinski definition) is 6. The normalized spacial score (nSPS) is 11.2. The first kappa shape index (κ1) is 18.6. The fraction of sp³-hybridized carbons (Fsp3) is 0.0714. The molecule has 6 N–H and O–H groups in total. The average molecular weight is 374 g/mol. The molecule has 2 aromatic rings. The number of phenols is 1. The van der Waals surface area contributed by atoms with Gasteiger partial charge in [0.15, 0.2) is 0 Å². The molecular formula is C14H9F3N2O7. The maximum atomic E-state index is 12.2. The van der Waals surface area contributed by atoms with Crippen LogP contribution in [0.3, 0.4) is 0 Å². The molecule has 0 atom stereocenters. The van der Waals surface area contributed by atoms with Crippen LogP contribution in [0.25, 0.3) is 11.1 Å². The predicted molar refractivity (Wildman–Crippen MR) is 79.2 cm³/mol. The van der Waals surface area contributed by atoms with Gasteiger partial charge >= 0.3 is 18.3 Å². The summed E-state index contributed by atoms with van der Waals surface area (Å²) in [5.41, 5.74) is 0.948. The fourth-order valence-corrected chi connectivity index (χ4v) is 2.24. The summed E-state index contributed by atoms with van der Waals surface area (Å²) in [5.74, 6) is -6.06. The molecule has 0 aliphatic heterocycles. The van der Waals surface area contributed by atoms with E-state index in [0.717, 1.165) is 6.07 Å². The molecule has 9 nitrogen and oxygen atoms in total. The van der Waals surface area contributed by atoms with Gasteiger partial charge in [-0.1, -0.05) is 0 Å². The first-order chi connectivity index (χ1) is 11.9. The molecule has 0 saturated heterocycles. The van der Waals surface area contributed by atoms with Crippen molar-refractivity contribution in [3.63, 3.8) is 0 Å². The van der Waals surface area contributed by atoms with Crippen molar-refractivity contribution in [2.24, 2.45) is 0 Å². The number of ether oxygens (including phenoxy) is 1. The van der Waals surface area contributed by atoms with E-state index in [0.29, 0.717) is 12.1 Å². The standard InChI is InChI=1S/C14H9F3N2O7/c15-14(16,17)26-4-1-2-5(6(20)3-4)7-8(12(22)23)10(18)19-11(21)9(7)13(24)25/h1-3,20H,(H,22,23)(H,24,25)(H3,18,19,21). The smallest absolute Gasteiger partial charge is 0.507 e. The third-order valence-electron chi connectivity index (χ3n) is 3.14. The molecule has 2 rings (SSSR count). The first-order valence-corrected chi connectivity index (χ1v) is 6.54. The highest BCUT2D eigenvalue weighted by Crippen LogP contribution is 2.38. The second kappa shape index (κ2) is 6.31. The van der Waals surface area contributed by atoms with E-state index >= 15 is 0 Å². The number of benzene rings is 1. The summed E-state index contributed by atoms with van der Waals surface area (Å²) < 4.78 is 40.3. The number of pyridine rings is 1. The molecule has 0 unspecified atom stereocenters. The van der Waals surface area contributed by atoms with Gasteiger partial charge in [-0.3, -0.25) is 4.79 Å². The molecule has 0 bridgehead atoms. The highest BCUT2D eigenvalue weighted by molar-refractivity contribution is 6.08. The maximum absolute atomic E-state index is 12.2. The van der Waals surface area contributed by atoms with Crippen LogP contribution >= 0.6 is 0 Å². The molecular weight excluding hydrogens is 365 g/mol. The minimum atomic E-state index is -5.05. The van der Waals surface area contributed by atoms with Crippen LogP contribution < -0.4 is 16.0 Å². The van der Waals surface area contributed by atoms with E-state index < -0.39 is 63.4 Å². The van der Waals surface area contributed by atoms with Crippen LogP contribution in [0.2, 0.25) is 0 Å². The molecule has 0 aliphatic rings. The van der Waals surface area contributed by atoms with Crippen LogP contribution in [0.5, 0.6) is 11.5 Å². The van der Waals surface area contributed by atoms with Gasteiger partial charge in [-0.2, -0.15) is 0 Å². The van der Waals surface area contributed by atoms with Crippen LogP contribution in [0.1, 0.15) is 20.7 Å². The van der Waals surface area contributed by atoms with Gasteiger partial charge in [0.2, 0.25) is 0 Å². The average Bonchev–Trinajstić information content (AvgIpc) is 2.43. The SMILES string of the molecule is Nc1[nH]c(=O)c(C(=O)O)c(-c2ccc(OC(F)(F)F)cc2O)c1C(=O)O. The molecule has 12 heteroatoms. The summed E-state index contributed by atoms with van der Waals surface area (Å²) in [4.78, 5) is 36.5. The first-order valence-electron chi connectivity index (χ1n) is 6.54. The number of nitrogen functional groups attached to an aromatic ring is 1. The Morgan fingerprint density at radius 1 is 1.12 bits per heavy atom. The number of alkyl halides is 3. The van der Waals surface area contributed by atoms with Crippen molar-refractivity contribution in [2.75, 3.05) is 5.73 Å². The van der Waals surface area contributed by atoms with Gasteiger partial charge in [-0.15, -0.1) is 13.2 Å². The van der Waals surface area contributed by atoms with Crippen molar-refractivity contribution in [1.82, 2.24) is 4.98 Å². The van der Waals surface area contributed by atoms with E-state index in [-0.39, 0.29) is 0 Å². The zero-order chi connectivity index (χ0) is 19.8. The minimum absolute atomic E-state index is 0.484. The molecule has 138 valence electrons. The number of carboxylic acid groups (broad SMARTS) is 2. The maximum Gasteiger partial charge on any atom is 0.573 e. The lowest BCUT2D eigenvalue weighted by molar-refractivity contribution is -0.274. The molecule has 0 aliphatic carbocycles. The van der Waals surface area contributed by atoms with Crippen LogP contribution in [-0.2, 0) is 0 Å². The summed E-state index contributed by atoms with van der Waals surface area (Å²) in [7, 11) is 0. The molecule has 0 fully saturated rings. The van der Waals surface area contributed by atoms with Crippen molar-refractivity contribution in [2.45, 2.75) is 6.36 Å². The number of nitrogens with two attached hydrogens (primary N) is 1. The quantitative estimate of drug-likeness (QED) is 0.539. The topological polar surface area (TPSA) is 163 Å². The van der Waals surface area contributed by atoms with E-state index in [1.807, 2.05) is 4.98 Å². The number of aromatic nitrogens is 1. The molecule has 0 saturated carbocycles. The Labute approximate surface area is 141 Å². The number of anilines is 1. The number of aromatic carboxylic acids is 2. The Balaban J connectivity index is 2.81. The molecule has 26 heavy (non-hydrogen) atoms. The Hall–Kier alpha value is -3.70. The second-order valence-electron chi connectivity index (χ2n) is 4.83. The zero-order valence-electron chi connectivity index (χ0n) is 12.4. The third-order valence-corrected chi connectivity index (χ3v) is 3.14. The van der Waals surface area contributed by atoms with Gasteiger partial charge in [0, 0.05) is 17.2 Å². The number of rotatable bonds is 4. The van der Waals surface area contributed by atoms with Crippen molar-refractivity contribution >= 4 is 17.8 Å². The summed E-state index contributed by atoms with van der Waals surface area (Å²) in [5, 5.41) is 28.4. The van der Waals surface area contributed by atoms with Crippen LogP contribution in [0.4, 0.5) is 19.0 Å². The molecule has 1 aromatic heterocycles. The number of carboxylic acids is 2. The third kappa shape index (κ3) is 3.53. The van der Waals surface area contributed by atoms with E-state index in [9.17, 15) is 42.9 Å². The number of aromatic hydroxyl groups is 1.